The lowest BCUT2D eigenvalue weighted by Crippen LogP contribution is -2.51. The molecule has 0 radical (unpaired) electrons. The number of ether oxygens (including phenoxy) is 1. The first-order valence-corrected chi connectivity index (χ1v) is 8.92. The second-order valence-electron chi connectivity index (χ2n) is 7.50. The fraction of sp³-hybridized carbons (Fsp3) is 0.600. The molecule has 0 unspecified atom stereocenters. The molecule has 5 nitrogen and oxygen atoms in total. The van der Waals surface area contributed by atoms with E-state index < -0.39 is 12.0 Å². The van der Waals surface area contributed by atoms with Crippen LogP contribution in [-0.4, -0.2) is 37.6 Å². The number of methoxy groups -OCH3 is 1. The molecule has 1 rings (SSSR count). The van der Waals surface area contributed by atoms with Crippen LogP contribution in [0, 0.1) is 5.41 Å². The molecule has 0 fully saturated rings. The average Bonchev–Trinajstić information content (AvgIpc) is 2.57. The molecule has 2 atom stereocenters. The second-order valence-corrected chi connectivity index (χ2v) is 7.50. The Morgan fingerprint density at radius 2 is 1.76 bits per heavy atom. The maximum Gasteiger partial charge on any atom is 0.328 e. The van der Waals surface area contributed by atoms with Gasteiger partial charge in [-0.2, -0.15) is 0 Å². The van der Waals surface area contributed by atoms with Crippen molar-refractivity contribution < 1.29 is 14.3 Å². The van der Waals surface area contributed by atoms with Crippen molar-refractivity contribution in [3.63, 3.8) is 0 Å². The highest BCUT2D eigenvalue weighted by molar-refractivity contribution is 5.87. The molecular weight excluding hydrogens is 316 g/mol. The second kappa shape index (κ2) is 10.2. The monoisotopic (exact) mass is 348 g/mol. The van der Waals surface area contributed by atoms with Crippen molar-refractivity contribution in [2.24, 2.45) is 5.41 Å². The van der Waals surface area contributed by atoms with E-state index in [4.69, 9.17) is 4.74 Å². The minimum Gasteiger partial charge on any atom is -0.467 e. The van der Waals surface area contributed by atoms with Gasteiger partial charge in [0.05, 0.1) is 13.2 Å². The molecule has 0 aliphatic rings. The van der Waals surface area contributed by atoms with Crippen LogP contribution in [0.1, 0.15) is 46.1 Å². The number of esters is 1. The molecule has 0 bridgehead atoms. The summed E-state index contributed by atoms with van der Waals surface area (Å²) in [6.45, 7) is 9.23. The molecule has 0 spiro atoms. The lowest BCUT2D eigenvalue weighted by molar-refractivity contribution is -0.145. The van der Waals surface area contributed by atoms with Gasteiger partial charge in [0, 0.05) is 6.42 Å². The summed E-state index contributed by atoms with van der Waals surface area (Å²) in [7, 11) is 1.34. The van der Waals surface area contributed by atoms with Crippen molar-refractivity contribution >= 4 is 11.9 Å². The third kappa shape index (κ3) is 8.16. The maximum atomic E-state index is 12.6. The molecule has 140 valence electrons. The van der Waals surface area contributed by atoms with Crippen molar-refractivity contribution in [3.05, 3.63) is 35.9 Å². The van der Waals surface area contributed by atoms with Gasteiger partial charge in [-0.25, -0.2) is 4.79 Å². The van der Waals surface area contributed by atoms with E-state index in [2.05, 4.69) is 31.4 Å². The lowest BCUT2D eigenvalue weighted by Gasteiger charge is -2.23. The van der Waals surface area contributed by atoms with Crippen LogP contribution in [0.25, 0.3) is 0 Å². The Labute approximate surface area is 151 Å². The molecule has 0 aromatic heterocycles. The topological polar surface area (TPSA) is 67.4 Å². The molecule has 0 aliphatic carbocycles. The van der Waals surface area contributed by atoms with Crippen LogP contribution in [-0.2, 0) is 20.7 Å². The van der Waals surface area contributed by atoms with E-state index in [1.807, 2.05) is 37.3 Å². The maximum absolute atomic E-state index is 12.6. The zero-order chi connectivity index (χ0) is 18.9. The van der Waals surface area contributed by atoms with E-state index in [9.17, 15) is 9.59 Å². The van der Waals surface area contributed by atoms with Crippen LogP contribution in [0.4, 0.5) is 0 Å². The van der Waals surface area contributed by atoms with E-state index in [0.29, 0.717) is 12.8 Å². The Morgan fingerprint density at radius 3 is 2.28 bits per heavy atom. The Bertz CT molecular complexity index is 538. The fourth-order valence-corrected chi connectivity index (χ4v) is 2.50. The first kappa shape index (κ1) is 21.2. The van der Waals surface area contributed by atoms with E-state index in [1.165, 1.54) is 7.11 Å². The highest BCUT2D eigenvalue weighted by Crippen LogP contribution is 2.17. The number of carbonyl (C=O) groups is 2. The minimum atomic E-state index is -0.682. The standard InChI is InChI=1S/C20H32N2O3/c1-6-16(21-13-12-20(2,3)4)18(23)22-17(19(24)25-5)14-15-10-8-7-9-11-15/h7-11,16-17,21H,6,12-14H2,1-5H3,(H,22,23)/t16-,17-/m0/s1. The normalized spacial score (nSPS) is 13.8. The van der Waals surface area contributed by atoms with Crippen molar-refractivity contribution in [1.29, 1.82) is 0 Å². The summed E-state index contributed by atoms with van der Waals surface area (Å²) in [6.07, 6.45) is 2.05. The van der Waals surface area contributed by atoms with Crippen LogP contribution in [0.5, 0.6) is 0 Å². The van der Waals surface area contributed by atoms with Gasteiger partial charge < -0.3 is 15.4 Å². The van der Waals surface area contributed by atoms with Crippen LogP contribution < -0.4 is 10.6 Å². The van der Waals surface area contributed by atoms with Gasteiger partial charge in [-0.3, -0.25) is 4.79 Å². The number of hydrogen-bond acceptors (Lipinski definition) is 4. The Morgan fingerprint density at radius 1 is 1.12 bits per heavy atom. The summed E-state index contributed by atoms with van der Waals surface area (Å²) in [6, 6.07) is 8.61. The summed E-state index contributed by atoms with van der Waals surface area (Å²) in [5.74, 6) is -0.593. The van der Waals surface area contributed by atoms with Crippen LogP contribution in [0.2, 0.25) is 0 Å². The van der Waals surface area contributed by atoms with Gasteiger partial charge in [0.25, 0.3) is 0 Å². The fourth-order valence-electron chi connectivity index (χ4n) is 2.50. The number of hydrogen-bond donors (Lipinski definition) is 2. The predicted molar refractivity (Wildman–Crippen MR) is 100 cm³/mol. The first-order chi connectivity index (χ1) is 11.8. The molecular formula is C20H32N2O3. The van der Waals surface area contributed by atoms with E-state index >= 15 is 0 Å². The molecule has 5 heteroatoms. The van der Waals surface area contributed by atoms with Gasteiger partial charge >= 0.3 is 5.97 Å². The number of benzene rings is 1. The van der Waals surface area contributed by atoms with Crippen LogP contribution in [0.15, 0.2) is 30.3 Å². The largest absolute Gasteiger partial charge is 0.467 e. The highest BCUT2D eigenvalue weighted by Gasteiger charge is 2.25. The highest BCUT2D eigenvalue weighted by atomic mass is 16.5. The summed E-state index contributed by atoms with van der Waals surface area (Å²) in [5, 5.41) is 6.13. The molecule has 2 N–H and O–H groups in total. The minimum absolute atomic E-state index is 0.164. The Kier molecular flexibility index (Phi) is 8.62. The lowest BCUT2D eigenvalue weighted by atomic mass is 9.92. The molecule has 0 saturated heterocycles. The van der Waals surface area contributed by atoms with E-state index in [-0.39, 0.29) is 17.4 Å². The quantitative estimate of drug-likeness (QED) is 0.673. The van der Waals surface area contributed by atoms with Crippen LogP contribution in [0.3, 0.4) is 0 Å². The van der Waals surface area contributed by atoms with Gasteiger partial charge in [-0.05, 0) is 30.4 Å². The summed E-state index contributed by atoms with van der Waals surface area (Å²) in [5.41, 5.74) is 1.19. The summed E-state index contributed by atoms with van der Waals surface area (Å²) in [4.78, 5) is 24.6. The number of rotatable bonds is 9. The molecule has 25 heavy (non-hydrogen) atoms. The SMILES string of the molecule is CC[C@H](NCCC(C)(C)C)C(=O)N[C@@H](Cc1ccccc1)C(=O)OC. The molecule has 1 aromatic carbocycles. The summed E-state index contributed by atoms with van der Waals surface area (Å²) >= 11 is 0. The number of amides is 1. The van der Waals surface area contributed by atoms with Crippen molar-refractivity contribution in [2.75, 3.05) is 13.7 Å². The molecule has 0 aliphatic heterocycles. The Balaban J connectivity index is 2.67. The third-order valence-electron chi connectivity index (χ3n) is 4.08. The third-order valence-corrected chi connectivity index (χ3v) is 4.08. The molecule has 1 amide bonds. The smallest absolute Gasteiger partial charge is 0.328 e. The van der Waals surface area contributed by atoms with E-state index in [1.54, 1.807) is 0 Å². The number of nitrogens with one attached hydrogen (secondary N) is 2. The average molecular weight is 348 g/mol. The zero-order valence-corrected chi connectivity index (χ0v) is 16.1. The zero-order valence-electron chi connectivity index (χ0n) is 16.1. The van der Waals surface area contributed by atoms with Crippen molar-refractivity contribution in [1.82, 2.24) is 10.6 Å². The van der Waals surface area contributed by atoms with Gasteiger partial charge in [0.1, 0.15) is 6.04 Å². The molecule has 0 heterocycles. The molecule has 1 aromatic rings. The van der Waals surface area contributed by atoms with Gasteiger partial charge in [0.15, 0.2) is 0 Å². The van der Waals surface area contributed by atoms with Gasteiger partial charge in [-0.15, -0.1) is 0 Å². The molecule has 0 saturated carbocycles. The van der Waals surface area contributed by atoms with E-state index in [0.717, 1.165) is 18.5 Å². The van der Waals surface area contributed by atoms with Crippen molar-refractivity contribution in [2.45, 2.75) is 59.0 Å². The van der Waals surface area contributed by atoms with Crippen molar-refractivity contribution in [3.8, 4) is 0 Å². The summed E-state index contributed by atoms with van der Waals surface area (Å²) < 4.78 is 4.85. The van der Waals surface area contributed by atoms with Crippen LogP contribution >= 0.6 is 0 Å². The van der Waals surface area contributed by atoms with Gasteiger partial charge in [0.2, 0.25) is 5.91 Å². The predicted octanol–water partition coefficient (Wildman–Crippen LogP) is 2.69. The Hall–Kier alpha value is -1.88. The number of carbonyl (C=O) groups excluding carboxylic acids is 2. The first-order valence-electron chi connectivity index (χ1n) is 8.92. The van der Waals surface area contributed by atoms with Gasteiger partial charge in [-0.1, -0.05) is 58.0 Å².